The molecule has 0 saturated carbocycles. The fraction of sp³-hybridized carbons (Fsp3) is 0.455. The lowest BCUT2D eigenvalue weighted by Gasteiger charge is -2.12. The number of aromatic nitrogens is 1. The number of nitrogens with zero attached hydrogens (tertiary/aromatic N) is 1. The van der Waals surface area contributed by atoms with E-state index in [0.29, 0.717) is 0 Å². The summed E-state index contributed by atoms with van der Waals surface area (Å²) in [5.41, 5.74) is -1.17. The number of hydrogen-bond acceptors (Lipinski definition) is 4. The molecule has 18 heavy (non-hydrogen) atoms. The van der Waals surface area contributed by atoms with Crippen molar-refractivity contribution in [2.24, 2.45) is 0 Å². The molecule has 0 aliphatic rings. The predicted octanol–water partition coefficient (Wildman–Crippen LogP) is 2.27. The van der Waals surface area contributed by atoms with Gasteiger partial charge in [0.2, 0.25) is 5.88 Å². The molecule has 0 bridgehead atoms. The molecule has 1 aromatic rings. The van der Waals surface area contributed by atoms with Gasteiger partial charge in [-0.15, -0.1) is 0 Å². The molecular weight excluding hydrogens is 251 g/mol. The van der Waals surface area contributed by atoms with E-state index in [1.807, 2.05) is 0 Å². The molecule has 0 amide bonds. The number of hydrogen-bond donors (Lipinski definition) is 0. The van der Waals surface area contributed by atoms with Crippen molar-refractivity contribution in [3.05, 3.63) is 23.1 Å². The van der Waals surface area contributed by atoms with Gasteiger partial charge in [0.1, 0.15) is 5.82 Å². The molecule has 1 rings (SSSR count). The molecule has 0 spiro atoms. The third-order valence-electron chi connectivity index (χ3n) is 2.18. The van der Waals surface area contributed by atoms with E-state index in [1.54, 1.807) is 6.92 Å². The van der Waals surface area contributed by atoms with E-state index in [0.717, 1.165) is 13.3 Å². The van der Waals surface area contributed by atoms with Crippen molar-refractivity contribution in [1.29, 1.82) is 0 Å². The number of methoxy groups -OCH3 is 1. The van der Waals surface area contributed by atoms with Gasteiger partial charge in [0, 0.05) is 5.56 Å². The quantitative estimate of drug-likeness (QED) is 0.765. The number of ether oxygens (including phenoxy) is 2. The highest BCUT2D eigenvalue weighted by Crippen LogP contribution is 2.32. The Morgan fingerprint density at radius 3 is 2.67 bits per heavy atom. The first-order valence-corrected chi connectivity index (χ1v) is 5.16. The van der Waals surface area contributed by atoms with Crippen molar-refractivity contribution in [1.82, 2.24) is 4.98 Å². The van der Waals surface area contributed by atoms with Crippen molar-refractivity contribution < 1.29 is 27.4 Å². The number of carbonyl (C=O) groups is 1. The summed E-state index contributed by atoms with van der Waals surface area (Å²) in [6.07, 6.45) is -2.84. The molecule has 0 N–H and O–H groups in total. The predicted molar refractivity (Wildman–Crippen MR) is 56.0 cm³/mol. The summed E-state index contributed by atoms with van der Waals surface area (Å²) < 4.78 is 48.4. The molecular formula is C11H12F3NO3. The van der Waals surface area contributed by atoms with Crippen LogP contribution in [0.25, 0.3) is 0 Å². The van der Waals surface area contributed by atoms with Crippen LogP contribution in [0.2, 0.25) is 0 Å². The molecule has 0 atom stereocenters. The summed E-state index contributed by atoms with van der Waals surface area (Å²) in [5, 5.41) is 0. The standard InChI is InChI=1S/C11H12F3NO3/c1-3-18-8(16)4-6-7(12)5-15-11(17-2)9(6)10(13)14/h5,10H,3-4H2,1-2H3. The van der Waals surface area contributed by atoms with E-state index < -0.39 is 41.6 Å². The maximum atomic E-state index is 13.5. The van der Waals surface area contributed by atoms with Gasteiger partial charge < -0.3 is 9.47 Å². The summed E-state index contributed by atoms with van der Waals surface area (Å²) in [4.78, 5) is 14.6. The number of esters is 1. The van der Waals surface area contributed by atoms with Crippen LogP contribution in [0.4, 0.5) is 13.2 Å². The van der Waals surface area contributed by atoms with Crippen LogP contribution in [0, 0.1) is 5.82 Å². The molecule has 4 nitrogen and oxygen atoms in total. The first-order valence-electron chi connectivity index (χ1n) is 5.16. The van der Waals surface area contributed by atoms with Crippen LogP contribution in [0.3, 0.4) is 0 Å². The van der Waals surface area contributed by atoms with Crippen LogP contribution >= 0.6 is 0 Å². The molecule has 0 aliphatic carbocycles. The van der Waals surface area contributed by atoms with Gasteiger partial charge in [0.05, 0.1) is 31.9 Å². The van der Waals surface area contributed by atoms with E-state index in [4.69, 9.17) is 0 Å². The largest absolute Gasteiger partial charge is 0.481 e. The number of alkyl halides is 2. The smallest absolute Gasteiger partial charge is 0.310 e. The Kier molecular flexibility index (Phi) is 4.94. The van der Waals surface area contributed by atoms with Crippen LogP contribution in [-0.4, -0.2) is 24.7 Å². The second-order valence-corrected chi connectivity index (χ2v) is 3.29. The van der Waals surface area contributed by atoms with Gasteiger partial charge in [-0.25, -0.2) is 18.2 Å². The van der Waals surface area contributed by atoms with E-state index in [1.165, 1.54) is 0 Å². The fourth-order valence-electron chi connectivity index (χ4n) is 1.44. The highest BCUT2D eigenvalue weighted by molar-refractivity contribution is 5.73. The van der Waals surface area contributed by atoms with Crippen molar-refractivity contribution in [3.8, 4) is 5.88 Å². The number of halogens is 3. The molecule has 0 aromatic carbocycles. The molecule has 0 radical (unpaired) electrons. The minimum atomic E-state index is -2.99. The van der Waals surface area contributed by atoms with Crippen molar-refractivity contribution in [2.75, 3.05) is 13.7 Å². The van der Waals surface area contributed by atoms with E-state index in [9.17, 15) is 18.0 Å². The Balaban J connectivity index is 3.18. The molecule has 0 saturated heterocycles. The molecule has 0 fully saturated rings. The van der Waals surface area contributed by atoms with Crippen LogP contribution in [-0.2, 0) is 16.0 Å². The fourth-order valence-corrected chi connectivity index (χ4v) is 1.44. The minimum absolute atomic E-state index is 0.0900. The average Bonchev–Trinajstić information content (AvgIpc) is 2.31. The first-order chi connectivity index (χ1) is 8.51. The molecule has 1 heterocycles. The molecule has 0 unspecified atom stereocenters. The first kappa shape index (κ1) is 14.3. The number of rotatable bonds is 5. The lowest BCUT2D eigenvalue weighted by molar-refractivity contribution is -0.142. The summed E-state index contributed by atoms with van der Waals surface area (Å²) in [7, 11) is 1.14. The zero-order valence-electron chi connectivity index (χ0n) is 9.87. The van der Waals surface area contributed by atoms with Gasteiger partial charge in [0.25, 0.3) is 6.43 Å². The molecule has 1 aromatic heterocycles. The Morgan fingerprint density at radius 1 is 1.50 bits per heavy atom. The maximum absolute atomic E-state index is 13.5. The SMILES string of the molecule is CCOC(=O)Cc1c(F)cnc(OC)c1C(F)F. The second-order valence-electron chi connectivity index (χ2n) is 3.29. The van der Waals surface area contributed by atoms with Gasteiger partial charge in [0.15, 0.2) is 0 Å². The highest BCUT2D eigenvalue weighted by atomic mass is 19.3. The Hall–Kier alpha value is -1.79. The molecule has 7 heteroatoms. The Labute approximate surface area is 102 Å². The third kappa shape index (κ3) is 3.12. The summed E-state index contributed by atoms with van der Waals surface area (Å²) in [6, 6.07) is 0. The number of pyridine rings is 1. The second kappa shape index (κ2) is 6.23. The van der Waals surface area contributed by atoms with Gasteiger partial charge >= 0.3 is 5.97 Å². The van der Waals surface area contributed by atoms with E-state index in [2.05, 4.69) is 14.5 Å². The van der Waals surface area contributed by atoms with E-state index in [-0.39, 0.29) is 6.61 Å². The van der Waals surface area contributed by atoms with Crippen LogP contribution < -0.4 is 4.74 Å². The van der Waals surface area contributed by atoms with Gasteiger partial charge in [-0.2, -0.15) is 0 Å². The van der Waals surface area contributed by atoms with Gasteiger partial charge in [-0.05, 0) is 6.92 Å². The van der Waals surface area contributed by atoms with Crippen molar-refractivity contribution in [3.63, 3.8) is 0 Å². The van der Waals surface area contributed by atoms with Crippen molar-refractivity contribution >= 4 is 5.97 Å². The third-order valence-corrected chi connectivity index (χ3v) is 2.18. The monoisotopic (exact) mass is 263 g/mol. The van der Waals surface area contributed by atoms with Gasteiger partial charge in [-0.3, -0.25) is 4.79 Å². The van der Waals surface area contributed by atoms with E-state index >= 15 is 0 Å². The summed E-state index contributed by atoms with van der Waals surface area (Å²) >= 11 is 0. The summed E-state index contributed by atoms with van der Waals surface area (Å²) in [5.74, 6) is -2.17. The van der Waals surface area contributed by atoms with Crippen molar-refractivity contribution in [2.45, 2.75) is 19.8 Å². The van der Waals surface area contributed by atoms with Gasteiger partial charge in [-0.1, -0.05) is 0 Å². The maximum Gasteiger partial charge on any atom is 0.310 e. The molecule has 100 valence electrons. The van der Waals surface area contributed by atoms with Crippen LogP contribution in [0.5, 0.6) is 5.88 Å². The Morgan fingerprint density at radius 2 is 2.17 bits per heavy atom. The zero-order chi connectivity index (χ0) is 13.7. The lowest BCUT2D eigenvalue weighted by atomic mass is 10.1. The average molecular weight is 263 g/mol. The summed E-state index contributed by atoms with van der Waals surface area (Å²) in [6.45, 7) is 1.65. The Bertz CT molecular complexity index is 438. The number of carbonyl (C=O) groups excluding carboxylic acids is 1. The minimum Gasteiger partial charge on any atom is -0.481 e. The topological polar surface area (TPSA) is 48.4 Å². The normalized spacial score (nSPS) is 10.6. The van der Waals surface area contributed by atoms with Crippen LogP contribution in [0.15, 0.2) is 6.20 Å². The highest BCUT2D eigenvalue weighted by Gasteiger charge is 2.25. The zero-order valence-corrected chi connectivity index (χ0v) is 9.87. The van der Waals surface area contributed by atoms with Crippen LogP contribution in [0.1, 0.15) is 24.5 Å². The lowest BCUT2D eigenvalue weighted by Crippen LogP contribution is -2.13. The molecule has 0 aliphatic heterocycles.